The molecule has 0 heterocycles. The van der Waals surface area contributed by atoms with Gasteiger partial charge in [0.1, 0.15) is 5.75 Å². The van der Waals surface area contributed by atoms with Gasteiger partial charge in [0, 0.05) is 5.92 Å². The van der Waals surface area contributed by atoms with Gasteiger partial charge in [0.25, 0.3) is 10.1 Å². The van der Waals surface area contributed by atoms with Crippen LogP contribution in [-0.2, 0) is 14.3 Å². The van der Waals surface area contributed by atoms with Crippen LogP contribution in [0.2, 0.25) is 0 Å². The van der Waals surface area contributed by atoms with Crippen LogP contribution < -0.4 is 4.74 Å². The number of rotatable bonds is 6. The van der Waals surface area contributed by atoms with Gasteiger partial charge in [-0.05, 0) is 43.7 Å². The van der Waals surface area contributed by atoms with E-state index < -0.39 is 16.2 Å². The van der Waals surface area contributed by atoms with Crippen molar-refractivity contribution in [1.82, 2.24) is 0 Å². The van der Waals surface area contributed by atoms with Crippen molar-refractivity contribution in [3.63, 3.8) is 0 Å². The molecule has 2 rings (SSSR count). The Morgan fingerprint density at radius 3 is 2.00 bits per heavy atom. The molecule has 0 bridgehead atoms. The summed E-state index contributed by atoms with van der Waals surface area (Å²) in [5.74, 6) is 0.697. The minimum atomic E-state index is -3.77. The fourth-order valence-electron chi connectivity index (χ4n) is 2.22. The van der Waals surface area contributed by atoms with E-state index in [0.717, 1.165) is 16.9 Å². The molecular formula is C18H22O4S. The number of ether oxygens (including phenoxy) is 1. The van der Waals surface area contributed by atoms with E-state index in [-0.39, 0.29) is 10.8 Å². The molecule has 0 fully saturated rings. The third-order valence-corrected chi connectivity index (χ3v) is 5.34. The maximum Gasteiger partial charge on any atom is 0.297 e. The molecule has 2 aromatic rings. The van der Waals surface area contributed by atoms with E-state index in [1.165, 1.54) is 0 Å². The number of aryl methyl sites for hydroxylation is 1. The SMILES string of the molecule is COc1ccc([C@H](C)[C@@H](C)OS(=O)(=O)c2ccc(C)cc2)cc1. The van der Waals surface area contributed by atoms with Crippen LogP contribution in [0.5, 0.6) is 5.75 Å². The summed E-state index contributed by atoms with van der Waals surface area (Å²) in [6.07, 6.45) is -0.477. The van der Waals surface area contributed by atoms with Crippen LogP contribution in [0.4, 0.5) is 0 Å². The summed E-state index contributed by atoms with van der Waals surface area (Å²) in [4.78, 5) is 0.178. The maximum absolute atomic E-state index is 12.3. The van der Waals surface area contributed by atoms with Crippen LogP contribution in [0.25, 0.3) is 0 Å². The molecular weight excluding hydrogens is 312 g/mol. The average Bonchev–Trinajstić information content (AvgIpc) is 2.54. The van der Waals surface area contributed by atoms with Crippen molar-refractivity contribution in [3.05, 3.63) is 59.7 Å². The Labute approximate surface area is 138 Å². The van der Waals surface area contributed by atoms with Gasteiger partial charge >= 0.3 is 0 Å². The first kappa shape index (κ1) is 17.5. The minimum Gasteiger partial charge on any atom is -0.497 e. The van der Waals surface area contributed by atoms with Gasteiger partial charge in [-0.15, -0.1) is 0 Å². The normalized spacial score (nSPS) is 14.3. The third kappa shape index (κ3) is 4.33. The smallest absolute Gasteiger partial charge is 0.297 e. The van der Waals surface area contributed by atoms with Gasteiger partial charge in [-0.3, -0.25) is 4.18 Å². The summed E-state index contributed by atoms with van der Waals surface area (Å²) in [6.45, 7) is 5.61. The fraction of sp³-hybridized carbons (Fsp3) is 0.333. The first-order valence-electron chi connectivity index (χ1n) is 7.47. The molecule has 0 aromatic heterocycles. The van der Waals surface area contributed by atoms with Crippen molar-refractivity contribution in [2.45, 2.75) is 37.7 Å². The lowest BCUT2D eigenvalue weighted by molar-refractivity contribution is 0.202. The predicted molar refractivity (Wildman–Crippen MR) is 90.3 cm³/mol. The number of hydrogen-bond donors (Lipinski definition) is 0. The summed E-state index contributed by atoms with van der Waals surface area (Å²) in [6, 6.07) is 14.2. The lowest BCUT2D eigenvalue weighted by atomic mass is 9.96. The van der Waals surface area contributed by atoms with E-state index >= 15 is 0 Å². The molecule has 0 amide bonds. The van der Waals surface area contributed by atoms with E-state index in [9.17, 15) is 8.42 Å². The molecule has 0 radical (unpaired) electrons. The largest absolute Gasteiger partial charge is 0.497 e. The summed E-state index contributed by atoms with van der Waals surface area (Å²) in [5, 5.41) is 0. The van der Waals surface area contributed by atoms with E-state index in [1.54, 1.807) is 38.3 Å². The van der Waals surface area contributed by atoms with Crippen molar-refractivity contribution in [3.8, 4) is 5.75 Å². The molecule has 0 saturated carbocycles. The Kier molecular flexibility index (Phi) is 5.44. The molecule has 2 atom stereocenters. The predicted octanol–water partition coefficient (Wildman–Crippen LogP) is 3.90. The number of hydrogen-bond acceptors (Lipinski definition) is 4. The molecule has 2 aromatic carbocycles. The first-order valence-corrected chi connectivity index (χ1v) is 8.88. The molecule has 0 N–H and O–H groups in total. The standard InChI is InChI=1S/C18H22O4S/c1-13-5-11-18(12-6-13)23(19,20)22-15(3)14(2)16-7-9-17(21-4)10-8-16/h5-12,14-15H,1-4H3/t14-,15-/m1/s1. The van der Waals surface area contributed by atoms with Gasteiger partial charge in [-0.2, -0.15) is 8.42 Å². The maximum atomic E-state index is 12.3. The summed E-state index contributed by atoms with van der Waals surface area (Å²) >= 11 is 0. The van der Waals surface area contributed by atoms with Gasteiger partial charge in [0.05, 0.1) is 18.1 Å². The van der Waals surface area contributed by atoms with Gasteiger partial charge in [-0.1, -0.05) is 36.8 Å². The number of methoxy groups -OCH3 is 1. The Balaban J connectivity index is 2.12. The molecule has 5 heteroatoms. The molecule has 0 spiro atoms. The van der Waals surface area contributed by atoms with Crippen molar-refractivity contribution in [1.29, 1.82) is 0 Å². The lowest BCUT2D eigenvalue weighted by Crippen LogP contribution is -2.21. The Hall–Kier alpha value is -1.85. The van der Waals surface area contributed by atoms with Crippen molar-refractivity contribution < 1.29 is 17.3 Å². The van der Waals surface area contributed by atoms with E-state index in [1.807, 2.05) is 38.1 Å². The second kappa shape index (κ2) is 7.15. The monoisotopic (exact) mass is 334 g/mol. The number of benzene rings is 2. The van der Waals surface area contributed by atoms with Crippen LogP contribution in [0.1, 0.15) is 30.9 Å². The van der Waals surface area contributed by atoms with Crippen LogP contribution in [0.15, 0.2) is 53.4 Å². The third-order valence-electron chi connectivity index (χ3n) is 3.93. The zero-order valence-electron chi connectivity index (χ0n) is 13.8. The van der Waals surface area contributed by atoms with Gasteiger partial charge in [-0.25, -0.2) is 0 Å². The highest BCUT2D eigenvalue weighted by atomic mass is 32.2. The van der Waals surface area contributed by atoms with Gasteiger partial charge in [0.15, 0.2) is 0 Å². The Bertz CT molecular complexity index is 734. The molecule has 0 saturated heterocycles. The summed E-state index contributed by atoms with van der Waals surface area (Å²) in [5.41, 5.74) is 2.00. The van der Waals surface area contributed by atoms with Crippen LogP contribution in [-0.4, -0.2) is 21.6 Å². The summed E-state index contributed by atoms with van der Waals surface area (Å²) in [7, 11) is -2.16. The van der Waals surface area contributed by atoms with Gasteiger partial charge in [0.2, 0.25) is 0 Å². The molecule has 124 valence electrons. The second-order valence-corrected chi connectivity index (χ2v) is 7.20. The molecule has 0 aliphatic rings. The van der Waals surface area contributed by atoms with E-state index in [2.05, 4.69) is 0 Å². The van der Waals surface area contributed by atoms with Crippen LogP contribution in [0.3, 0.4) is 0 Å². The van der Waals surface area contributed by atoms with Gasteiger partial charge < -0.3 is 4.74 Å². The molecule has 0 aliphatic heterocycles. The Morgan fingerprint density at radius 2 is 1.48 bits per heavy atom. The molecule has 0 unspecified atom stereocenters. The van der Waals surface area contributed by atoms with Crippen LogP contribution >= 0.6 is 0 Å². The highest BCUT2D eigenvalue weighted by Gasteiger charge is 2.23. The van der Waals surface area contributed by atoms with E-state index in [0.29, 0.717) is 0 Å². The van der Waals surface area contributed by atoms with E-state index in [4.69, 9.17) is 8.92 Å². The van der Waals surface area contributed by atoms with Crippen molar-refractivity contribution in [2.24, 2.45) is 0 Å². The van der Waals surface area contributed by atoms with Crippen molar-refractivity contribution in [2.75, 3.05) is 7.11 Å². The quantitative estimate of drug-likeness (QED) is 0.752. The fourth-order valence-corrected chi connectivity index (χ4v) is 3.37. The van der Waals surface area contributed by atoms with Crippen LogP contribution in [0, 0.1) is 6.92 Å². The molecule has 0 aliphatic carbocycles. The molecule has 23 heavy (non-hydrogen) atoms. The summed E-state index contributed by atoms with van der Waals surface area (Å²) < 4.78 is 35.2. The van der Waals surface area contributed by atoms with Crippen molar-refractivity contribution >= 4 is 10.1 Å². The highest BCUT2D eigenvalue weighted by Crippen LogP contribution is 2.26. The molecule has 4 nitrogen and oxygen atoms in total. The minimum absolute atomic E-state index is 0.0684. The average molecular weight is 334 g/mol. The zero-order chi connectivity index (χ0) is 17.0. The first-order chi connectivity index (χ1) is 10.8. The second-order valence-electron chi connectivity index (χ2n) is 5.63. The topological polar surface area (TPSA) is 52.6 Å². The lowest BCUT2D eigenvalue weighted by Gasteiger charge is -2.20. The highest BCUT2D eigenvalue weighted by molar-refractivity contribution is 7.86. The Morgan fingerprint density at radius 1 is 0.913 bits per heavy atom. The zero-order valence-corrected chi connectivity index (χ0v) is 14.6.